The molecule has 0 bridgehead atoms. The van der Waals surface area contributed by atoms with Crippen molar-refractivity contribution in [1.82, 2.24) is 5.01 Å². The predicted octanol–water partition coefficient (Wildman–Crippen LogP) is 5.27. The van der Waals surface area contributed by atoms with Gasteiger partial charge in [-0.25, -0.2) is 0 Å². The maximum atomic E-state index is 12.4. The molecule has 0 fully saturated rings. The summed E-state index contributed by atoms with van der Waals surface area (Å²) in [5.41, 5.74) is 2.78. The second-order valence-electron chi connectivity index (χ2n) is 7.63. The van der Waals surface area contributed by atoms with E-state index in [9.17, 15) is 14.7 Å². The zero-order valence-corrected chi connectivity index (χ0v) is 19.1. The molecule has 0 spiro atoms. The zero-order chi connectivity index (χ0) is 24.2. The lowest BCUT2D eigenvalue weighted by molar-refractivity contribution is -0.135. The monoisotopic (exact) mass is 475 g/mol. The van der Waals surface area contributed by atoms with Gasteiger partial charge in [0.2, 0.25) is 18.0 Å². The van der Waals surface area contributed by atoms with Crippen molar-refractivity contribution in [2.24, 2.45) is 5.10 Å². The van der Waals surface area contributed by atoms with Crippen LogP contribution in [-0.4, -0.2) is 27.8 Å². The number of anilines is 1. The first kappa shape index (κ1) is 23.1. The van der Waals surface area contributed by atoms with Crippen LogP contribution >= 0.6 is 11.6 Å². The Kier molecular flexibility index (Phi) is 6.65. The lowest BCUT2D eigenvalue weighted by Gasteiger charge is -2.21. The summed E-state index contributed by atoms with van der Waals surface area (Å²) in [6, 6.07) is 18.7. The molecule has 172 valence electrons. The molecule has 8 heteroatoms. The number of halogens is 1. The third kappa shape index (κ3) is 4.79. The van der Waals surface area contributed by atoms with Crippen molar-refractivity contribution in [3.8, 4) is 5.75 Å². The molecule has 1 unspecified atom stereocenters. The van der Waals surface area contributed by atoms with Crippen molar-refractivity contribution in [3.05, 3.63) is 107 Å². The lowest BCUT2D eigenvalue weighted by atomic mass is 10.0. The number of rotatable bonds is 6. The summed E-state index contributed by atoms with van der Waals surface area (Å²) in [6.07, 6.45) is 1.26. The topological polar surface area (TPSA) is 91.2 Å². The first-order valence-electron chi connectivity index (χ1n) is 10.5. The van der Waals surface area contributed by atoms with Crippen LogP contribution in [0.25, 0.3) is 0 Å². The van der Waals surface area contributed by atoms with E-state index in [1.807, 2.05) is 0 Å². The van der Waals surface area contributed by atoms with E-state index in [0.717, 1.165) is 0 Å². The maximum absolute atomic E-state index is 12.4. The van der Waals surface area contributed by atoms with E-state index in [1.54, 1.807) is 72.8 Å². The molecule has 3 aromatic carbocycles. The third-order valence-electron chi connectivity index (χ3n) is 5.24. The molecule has 7 nitrogen and oxygen atoms in total. The smallest absolute Gasteiger partial charge is 0.255 e. The van der Waals surface area contributed by atoms with Crippen LogP contribution < -0.4 is 5.32 Å². The van der Waals surface area contributed by atoms with Crippen molar-refractivity contribution >= 4 is 35.0 Å². The molecule has 1 atom stereocenters. The molecular weight excluding hydrogens is 454 g/mol. The van der Waals surface area contributed by atoms with Crippen LogP contribution in [0.2, 0.25) is 5.02 Å². The van der Waals surface area contributed by atoms with Crippen molar-refractivity contribution in [1.29, 1.82) is 0 Å². The Morgan fingerprint density at radius 1 is 1.15 bits per heavy atom. The molecule has 2 amide bonds. The first-order valence-corrected chi connectivity index (χ1v) is 10.9. The highest BCUT2D eigenvalue weighted by Gasteiger charge is 2.35. The van der Waals surface area contributed by atoms with Gasteiger partial charge in [-0.05, 0) is 66.6 Å². The van der Waals surface area contributed by atoms with Crippen LogP contribution in [0.15, 0.2) is 84.5 Å². The van der Waals surface area contributed by atoms with Crippen LogP contribution in [0.3, 0.4) is 0 Å². The second kappa shape index (κ2) is 9.80. The zero-order valence-electron chi connectivity index (χ0n) is 18.4. The number of carbonyl (C=O) groups excluding carboxylic acids is 2. The highest BCUT2D eigenvalue weighted by atomic mass is 35.5. The molecule has 34 heavy (non-hydrogen) atoms. The van der Waals surface area contributed by atoms with Gasteiger partial charge in [-0.3, -0.25) is 9.59 Å². The number of carbonyl (C=O) groups is 2. The number of hydrogen-bond donors (Lipinski definition) is 2. The van der Waals surface area contributed by atoms with Crippen LogP contribution in [0.1, 0.15) is 40.2 Å². The molecule has 1 aliphatic rings. The van der Waals surface area contributed by atoms with Gasteiger partial charge in [0.15, 0.2) is 0 Å². The summed E-state index contributed by atoms with van der Waals surface area (Å²) in [5, 5.41) is 19.6. The van der Waals surface area contributed by atoms with Crippen LogP contribution in [0, 0.1) is 0 Å². The highest BCUT2D eigenvalue weighted by Crippen LogP contribution is 2.37. The fourth-order valence-electron chi connectivity index (χ4n) is 3.52. The molecule has 0 saturated heterocycles. The standard InChI is InChI=1S/C26H22ClN3O4/c1-3-5-17-6-4-7-22(23(17)32)26-30(16(2)31)29-25(34-26)19-10-14-21(15-11-19)28-24(33)18-8-12-20(27)13-9-18/h3-4,6-15,26,32H,1,5H2,2H3,(H,28,33). The fraction of sp³-hybridized carbons (Fsp3) is 0.115. The molecule has 0 saturated carbocycles. The number of nitrogens with one attached hydrogen (secondary N) is 1. The number of hydrogen-bond acceptors (Lipinski definition) is 5. The van der Waals surface area contributed by atoms with E-state index in [-0.39, 0.29) is 23.5 Å². The van der Waals surface area contributed by atoms with Gasteiger partial charge in [0.25, 0.3) is 5.91 Å². The van der Waals surface area contributed by atoms with Crippen LogP contribution in [0.4, 0.5) is 5.69 Å². The molecular formula is C26H22ClN3O4. The van der Waals surface area contributed by atoms with Gasteiger partial charge in [0.05, 0.1) is 5.56 Å². The molecule has 1 heterocycles. The Morgan fingerprint density at radius 2 is 1.85 bits per heavy atom. The van der Waals surface area contributed by atoms with Gasteiger partial charge < -0.3 is 15.2 Å². The van der Waals surface area contributed by atoms with Crippen molar-refractivity contribution in [3.63, 3.8) is 0 Å². The molecule has 0 aromatic heterocycles. The molecule has 3 aromatic rings. The number of para-hydroxylation sites is 1. The molecule has 0 aliphatic carbocycles. The number of aromatic hydroxyl groups is 1. The first-order chi connectivity index (χ1) is 16.4. The average molecular weight is 476 g/mol. The Bertz CT molecular complexity index is 1270. The van der Waals surface area contributed by atoms with E-state index < -0.39 is 6.23 Å². The minimum absolute atomic E-state index is 0.0374. The second-order valence-corrected chi connectivity index (χ2v) is 8.06. The number of phenolic OH excluding ortho intramolecular Hbond substituents is 1. The van der Waals surface area contributed by atoms with Gasteiger partial charge in [-0.2, -0.15) is 5.01 Å². The van der Waals surface area contributed by atoms with Crippen LogP contribution in [0.5, 0.6) is 5.75 Å². The van der Waals surface area contributed by atoms with E-state index in [2.05, 4.69) is 17.0 Å². The normalized spacial score (nSPS) is 14.8. The van der Waals surface area contributed by atoms with E-state index >= 15 is 0 Å². The quantitative estimate of drug-likeness (QED) is 0.475. The number of hydrazone groups is 1. The maximum Gasteiger partial charge on any atom is 0.255 e. The highest BCUT2D eigenvalue weighted by molar-refractivity contribution is 6.30. The van der Waals surface area contributed by atoms with Gasteiger partial charge in [-0.1, -0.05) is 29.8 Å². The molecule has 2 N–H and O–H groups in total. The minimum Gasteiger partial charge on any atom is -0.507 e. The number of benzene rings is 3. The molecule has 0 radical (unpaired) electrons. The SMILES string of the molecule is C=CCc1cccc(C2OC(c3ccc(NC(=O)c4ccc(Cl)cc4)cc3)=NN2C(C)=O)c1O. The van der Waals surface area contributed by atoms with Gasteiger partial charge >= 0.3 is 0 Å². The van der Waals surface area contributed by atoms with Crippen molar-refractivity contribution in [2.45, 2.75) is 19.6 Å². The fourth-order valence-corrected chi connectivity index (χ4v) is 3.64. The number of allylic oxidation sites excluding steroid dienone is 1. The largest absolute Gasteiger partial charge is 0.507 e. The Hall–Kier alpha value is -4.10. The van der Waals surface area contributed by atoms with E-state index in [0.29, 0.717) is 39.4 Å². The number of amides is 2. The van der Waals surface area contributed by atoms with E-state index in [1.165, 1.54) is 11.9 Å². The third-order valence-corrected chi connectivity index (χ3v) is 5.50. The summed E-state index contributed by atoms with van der Waals surface area (Å²) >= 11 is 5.87. The lowest BCUT2D eigenvalue weighted by Crippen LogP contribution is -2.25. The minimum atomic E-state index is -0.901. The Balaban J connectivity index is 1.53. The average Bonchev–Trinajstić information content (AvgIpc) is 3.27. The predicted molar refractivity (Wildman–Crippen MR) is 131 cm³/mol. The van der Waals surface area contributed by atoms with Crippen molar-refractivity contribution < 1.29 is 19.4 Å². The summed E-state index contributed by atoms with van der Waals surface area (Å²) in [4.78, 5) is 24.7. The van der Waals surface area contributed by atoms with E-state index in [4.69, 9.17) is 16.3 Å². The summed E-state index contributed by atoms with van der Waals surface area (Å²) in [6.45, 7) is 5.08. The summed E-state index contributed by atoms with van der Waals surface area (Å²) < 4.78 is 5.99. The van der Waals surface area contributed by atoms with Crippen LogP contribution in [-0.2, 0) is 16.0 Å². The Morgan fingerprint density at radius 3 is 2.50 bits per heavy atom. The summed E-state index contributed by atoms with van der Waals surface area (Å²) in [5.74, 6) is -0.336. The number of phenols is 1. The van der Waals surface area contributed by atoms with Gasteiger partial charge in [0.1, 0.15) is 5.75 Å². The summed E-state index contributed by atoms with van der Waals surface area (Å²) in [7, 11) is 0. The van der Waals surface area contributed by atoms with Gasteiger partial charge in [0, 0.05) is 28.8 Å². The molecule has 4 rings (SSSR count). The Labute approximate surface area is 201 Å². The number of ether oxygens (including phenoxy) is 1. The van der Waals surface area contributed by atoms with Crippen molar-refractivity contribution in [2.75, 3.05) is 5.32 Å². The van der Waals surface area contributed by atoms with Gasteiger partial charge in [-0.15, -0.1) is 11.7 Å². The molecule has 1 aliphatic heterocycles. The number of nitrogens with zero attached hydrogens (tertiary/aromatic N) is 2.